The molecule has 0 spiro atoms. The Morgan fingerprint density at radius 2 is 1.76 bits per heavy atom. The highest BCUT2D eigenvalue weighted by Gasteiger charge is 2.30. The molecule has 1 saturated carbocycles. The Kier molecular flexibility index (Phi) is 7.19. The summed E-state index contributed by atoms with van der Waals surface area (Å²) < 4.78 is 0. The first-order valence-corrected chi connectivity index (χ1v) is 7.77. The Balaban J connectivity index is 2.33. The fraction of sp³-hybridized carbons (Fsp3) is 0.800. The Labute approximate surface area is 125 Å². The van der Waals surface area contributed by atoms with E-state index in [1.807, 2.05) is 13.8 Å². The van der Waals surface area contributed by atoms with Crippen LogP contribution in [0.15, 0.2) is 0 Å². The largest absolute Gasteiger partial charge is 0.481 e. The van der Waals surface area contributed by atoms with Gasteiger partial charge in [-0.15, -0.1) is 0 Å². The van der Waals surface area contributed by atoms with Gasteiger partial charge in [0, 0.05) is 32.0 Å². The third kappa shape index (κ3) is 5.36. The van der Waals surface area contributed by atoms with Gasteiger partial charge in [-0.1, -0.05) is 6.42 Å². The number of nitrogens with zero attached hydrogens (tertiary/aromatic N) is 1. The fourth-order valence-corrected chi connectivity index (χ4v) is 2.82. The van der Waals surface area contributed by atoms with Crippen molar-refractivity contribution in [2.45, 2.75) is 46.0 Å². The normalized spacial score (nSPS) is 21.6. The summed E-state index contributed by atoms with van der Waals surface area (Å²) in [5.74, 6) is -1.54. The van der Waals surface area contributed by atoms with E-state index in [4.69, 9.17) is 5.11 Å². The van der Waals surface area contributed by atoms with E-state index < -0.39 is 11.9 Å². The quantitative estimate of drug-likeness (QED) is 0.740. The lowest BCUT2D eigenvalue weighted by atomic mass is 9.81. The summed E-state index contributed by atoms with van der Waals surface area (Å²) in [4.78, 5) is 36.5. The zero-order chi connectivity index (χ0) is 15.8. The van der Waals surface area contributed by atoms with E-state index in [0.717, 1.165) is 12.8 Å². The summed E-state index contributed by atoms with van der Waals surface area (Å²) in [6, 6.07) is 0. The molecule has 1 aliphatic carbocycles. The van der Waals surface area contributed by atoms with Crippen molar-refractivity contribution in [3.63, 3.8) is 0 Å². The van der Waals surface area contributed by atoms with Crippen LogP contribution in [0, 0.1) is 11.8 Å². The topological polar surface area (TPSA) is 86.7 Å². The van der Waals surface area contributed by atoms with Gasteiger partial charge in [-0.05, 0) is 33.1 Å². The van der Waals surface area contributed by atoms with Gasteiger partial charge in [0.25, 0.3) is 0 Å². The maximum absolute atomic E-state index is 12.0. The predicted octanol–water partition coefficient (Wildman–Crippen LogP) is 1.25. The molecule has 0 heterocycles. The lowest BCUT2D eigenvalue weighted by Gasteiger charge is -2.26. The number of nitrogens with one attached hydrogen (secondary N) is 1. The molecule has 0 bridgehead atoms. The first-order valence-electron chi connectivity index (χ1n) is 7.77. The second-order valence-corrected chi connectivity index (χ2v) is 5.51. The third-order valence-electron chi connectivity index (χ3n) is 4.15. The molecule has 21 heavy (non-hydrogen) atoms. The molecule has 0 saturated heterocycles. The molecule has 2 unspecified atom stereocenters. The Bertz CT molecular complexity index is 380. The van der Waals surface area contributed by atoms with Crippen molar-refractivity contribution in [2.75, 3.05) is 19.6 Å². The molecular weight excluding hydrogens is 272 g/mol. The van der Waals surface area contributed by atoms with E-state index in [1.165, 1.54) is 0 Å². The van der Waals surface area contributed by atoms with Crippen LogP contribution >= 0.6 is 0 Å². The molecule has 1 rings (SSSR count). The minimum Gasteiger partial charge on any atom is -0.481 e. The summed E-state index contributed by atoms with van der Waals surface area (Å²) in [7, 11) is 0. The molecule has 2 N–H and O–H groups in total. The zero-order valence-corrected chi connectivity index (χ0v) is 12.9. The summed E-state index contributed by atoms with van der Waals surface area (Å²) >= 11 is 0. The van der Waals surface area contributed by atoms with Crippen molar-refractivity contribution in [1.29, 1.82) is 0 Å². The summed E-state index contributed by atoms with van der Waals surface area (Å²) in [6.07, 6.45) is 2.86. The minimum atomic E-state index is -0.816. The van der Waals surface area contributed by atoms with Crippen molar-refractivity contribution in [2.24, 2.45) is 11.8 Å². The monoisotopic (exact) mass is 298 g/mol. The fourth-order valence-electron chi connectivity index (χ4n) is 2.82. The van der Waals surface area contributed by atoms with Gasteiger partial charge in [0.05, 0.1) is 5.92 Å². The molecule has 120 valence electrons. The average Bonchev–Trinajstić information content (AvgIpc) is 2.48. The molecule has 1 aliphatic rings. The Morgan fingerprint density at radius 3 is 2.33 bits per heavy atom. The third-order valence-corrected chi connectivity index (χ3v) is 4.15. The van der Waals surface area contributed by atoms with E-state index in [-0.39, 0.29) is 17.7 Å². The lowest BCUT2D eigenvalue weighted by Crippen LogP contribution is -2.38. The predicted molar refractivity (Wildman–Crippen MR) is 78.6 cm³/mol. The van der Waals surface area contributed by atoms with E-state index >= 15 is 0 Å². The molecule has 0 aromatic heterocycles. The lowest BCUT2D eigenvalue weighted by molar-refractivity contribution is -0.144. The van der Waals surface area contributed by atoms with Crippen LogP contribution in [-0.2, 0) is 14.4 Å². The van der Waals surface area contributed by atoms with Crippen molar-refractivity contribution >= 4 is 17.8 Å². The van der Waals surface area contributed by atoms with Gasteiger partial charge < -0.3 is 15.3 Å². The van der Waals surface area contributed by atoms with Crippen molar-refractivity contribution < 1.29 is 19.5 Å². The first-order chi connectivity index (χ1) is 9.99. The molecule has 0 aromatic rings. The number of carboxylic acids is 1. The molecule has 2 amide bonds. The second kappa shape index (κ2) is 8.64. The van der Waals surface area contributed by atoms with Gasteiger partial charge in [0.2, 0.25) is 11.8 Å². The number of aliphatic carboxylic acids is 1. The van der Waals surface area contributed by atoms with Crippen LogP contribution in [0.5, 0.6) is 0 Å². The van der Waals surface area contributed by atoms with E-state index in [2.05, 4.69) is 5.32 Å². The zero-order valence-electron chi connectivity index (χ0n) is 12.9. The number of hydrogen-bond donors (Lipinski definition) is 2. The van der Waals surface area contributed by atoms with Crippen LogP contribution in [0.25, 0.3) is 0 Å². The highest BCUT2D eigenvalue weighted by Crippen LogP contribution is 2.29. The van der Waals surface area contributed by atoms with Gasteiger partial charge in [0.1, 0.15) is 0 Å². The molecule has 6 nitrogen and oxygen atoms in total. The maximum Gasteiger partial charge on any atom is 0.306 e. The number of rotatable bonds is 7. The average molecular weight is 298 g/mol. The highest BCUT2D eigenvalue weighted by molar-refractivity contribution is 5.81. The molecule has 0 aromatic carbocycles. The van der Waals surface area contributed by atoms with Crippen molar-refractivity contribution in [1.82, 2.24) is 10.2 Å². The second-order valence-electron chi connectivity index (χ2n) is 5.51. The molecule has 0 radical (unpaired) electrons. The summed E-state index contributed by atoms with van der Waals surface area (Å²) in [5, 5.41) is 11.8. The van der Waals surface area contributed by atoms with Gasteiger partial charge in [0.15, 0.2) is 0 Å². The number of carbonyl (C=O) groups excluding carboxylic acids is 2. The van der Waals surface area contributed by atoms with Crippen molar-refractivity contribution in [3.8, 4) is 0 Å². The van der Waals surface area contributed by atoms with E-state index in [1.54, 1.807) is 4.90 Å². The highest BCUT2D eigenvalue weighted by atomic mass is 16.4. The van der Waals surface area contributed by atoms with E-state index in [0.29, 0.717) is 38.9 Å². The molecule has 1 fully saturated rings. The van der Waals surface area contributed by atoms with Crippen LogP contribution in [0.4, 0.5) is 0 Å². The van der Waals surface area contributed by atoms with Gasteiger partial charge >= 0.3 is 5.97 Å². The van der Waals surface area contributed by atoms with Crippen LogP contribution in [0.2, 0.25) is 0 Å². The molecular formula is C15H26N2O4. The van der Waals surface area contributed by atoms with Crippen LogP contribution in [0.3, 0.4) is 0 Å². The van der Waals surface area contributed by atoms with Gasteiger partial charge in [-0.2, -0.15) is 0 Å². The van der Waals surface area contributed by atoms with Crippen molar-refractivity contribution in [3.05, 3.63) is 0 Å². The number of amides is 2. The smallest absolute Gasteiger partial charge is 0.306 e. The molecule has 0 aliphatic heterocycles. The minimum absolute atomic E-state index is 0.0346. The van der Waals surface area contributed by atoms with Crippen LogP contribution in [-0.4, -0.2) is 47.4 Å². The number of hydrogen-bond acceptors (Lipinski definition) is 3. The first kappa shape index (κ1) is 17.5. The van der Waals surface area contributed by atoms with Crippen LogP contribution < -0.4 is 5.32 Å². The van der Waals surface area contributed by atoms with E-state index in [9.17, 15) is 14.4 Å². The molecule has 2 atom stereocenters. The molecule has 6 heteroatoms. The Hall–Kier alpha value is -1.59. The van der Waals surface area contributed by atoms with Gasteiger partial charge in [-0.25, -0.2) is 0 Å². The van der Waals surface area contributed by atoms with Crippen LogP contribution in [0.1, 0.15) is 46.0 Å². The summed E-state index contributed by atoms with van der Waals surface area (Å²) in [6.45, 7) is 5.52. The van der Waals surface area contributed by atoms with Gasteiger partial charge in [-0.3, -0.25) is 14.4 Å². The Morgan fingerprint density at radius 1 is 1.14 bits per heavy atom. The maximum atomic E-state index is 12.0. The SMILES string of the molecule is CCN(CC)C(=O)CCNC(=O)C1CCCC(C(=O)O)C1. The standard InChI is InChI=1S/C15H26N2O4/c1-3-17(4-2)13(18)8-9-16-14(19)11-6-5-7-12(10-11)15(20)21/h11-12H,3-10H2,1-2H3,(H,16,19)(H,20,21). The number of carboxylic acid groups (broad SMARTS) is 1. The number of carbonyl (C=O) groups is 3. The summed E-state index contributed by atoms with van der Waals surface area (Å²) in [5.41, 5.74) is 0.